The van der Waals surface area contributed by atoms with Crippen LogP contribution in [-0.4, -0.2) is 35.0 Å². The quantitative estimate of drug-likeness (QED) is 0.686. The van der Waals surface area contributed by atoms with Gasteiger partial charge < -0.3 is 14.9 Å². The Balaban J connectivity index is 2.22. The van der Waals surface area contributed by atoms with Crippen LogP contribution in [0.25, 0.3) is 0 Å². The van der Waals surface area contributed by atoms with Crippen LogP contribution in [0.1, 0.15) is 26.7 Å². The second-order valence-corrected chi connectivity index (χ2v) is 5.43. The molecule has 0 atom stereocenters. The van der Waals surface area contributed by atoms with Crippen LogP contribution < -0.4 is 0 Å². The molecular formula is C10H16O4. The molecule has 2 rings (SSSR count). The molecule has 0 bridgehead atoms. The van der Waals surface area contributed by atoms with Crippen LogP contribution in [0.2, 0.25) is 0 Å². The van der Waals surface area contributed by atoms with E-state index in [1.165, 1.54) is 0 Å². The lowest BCUT2D eigenvalue weighted by atomic mass is 9.47. The van der Waals surface area contributed by atoms with Gasteiger partial charge in [0.2, 0.25) is 0 Å². The van der Waals surface area contributed by atoms with E-state index in [1.807, 2.05) is 13.8 Å². The number of hydrogen-bond acceptors (Lipinski definition) is 3. The summed E-state index contributed by atoms with van der Waals surface area (Å²) in [7, 11) is 0. The molecular weight excluding hydrogens is 184 g/mol. The van der Waals surface area contributed by atoms with Crippen molar-refractivity contribution >= 4 is 5.97 Å². The summed E-state index contributed by atoms with van der Waals surface area (Å²) in [6, 6.07) is 0. The lowest BCUT2D eigenvalue weighted by molar-refractivity contribution is -0.279. The molecule has 0 spiro atoms. The van der Waals surface area contributed by atoms with Gasteiger partial charge in [0.15, 0.2) is 0 Å². The summed E-state index contributed by atoms with van der Waals surface area (Å²) in [4.78, 5) is 11.2. The minimum Gasteiger partial charge on any atom is -0.481 e. The second kappa shape index (κ2) is 2.49. The van der Waals surface area contributed by atoms with Gasteiger partial charge in [0.05, 0.1) is 13.2 Å². The molecule has 1 aliphatic carbocycles. The van der Waals surface area contributed by atoms with Crippen molar-refractivity contribution in [1.82, 2.24) is 0 Å². The highest BCUT2D eigenvalue weighted by Crippen LogP contribution is 2.61. The van der Waals surface area contributed by atoms with Crippen molar-refractivity contribution in [3.63, 3.8) is 0 Å². The van der Waals surface area contributed by atoms with Crippen molar-refractivity contribution in [3.8, 4) is 0 Å². The predicted octanol–water partition coefficient (Wildman–Crippen LogP) is 0.639. The summed E-state index contributed by atoms with van der Waals surface area (Å²) >= 11 is 0. The smallest absolute Gasteiger partial charge is 0.312 e. The molecule has 80 valence electrons. The molecule has 1 aliphatic heterocycles. The van der Waals surface area contributed by atoms with Gasteiger partial charge in [-0.3, -0.25) is 4.79 Å². The summed E-state index contributed by atoms with van der Waals surface area (Å²) < 4.78 is 4.92. The van der Waals surface area contributed by atoms with E-state index in [4.69, 9.17) is 4.74 Å². The standard InChI is InChI=1S/C10H16O4/c1-8(2)3-9(4-8,7(11)12)10(13)5-14-6-10/h13H,3-6H2,1-2H3,(H,11,12). The van der Waals surface area contributed by atoms with Gasteiger partial charge >= 0.3 is 5.97 Å². The van der Waals surface area contributed by atoms with Crippen LogP contribution in [0.15, 0.2) is 0 Å². The van der Waals surface area contributed by atoms with Crippen LogP contribution in [0.5, 0.6) is 0 Å². The topological polar surface area (TPSA) is 66.8 Å². The van der Waals surface area contributed by atoms with Crippen LogP contribution in [0, 0.1) is 10.8 Å². The van der Waals surface area contributed by atoms with Crippen molar-refractivity contribution in [2.75, 3.05) is 13.2 Å². The number of ether oxygens (including phenoxy) is 1. The minimum atomic E-state index is -1.13. The molecule has 1 saturated heterocycles. The third-order valence-electron chi connectivity index (χ3n) is 3.54. The van der Waals surface area contributed by atoms with E-state index in [0.717, 1.165) is 0 Å². The van der Waals surface area contributed by atoms with Crippen LogP contribution in [-0.2, 0) is 9.53 Å². The fourth-order valence-corrected chi connectivity index (χ4v) is 2.83. The zero-order valence-electron chi connectivity index (χ0n) is 8.54. The number of carboxylic acid groups (broad SMARTS) is 1. The molecule has 2 fully saturated rings. The van der Waals surface area contributed by atoms with E-state index in [9.17, 15) is 15.0 Å². The molecule has 4 nitrogen and oxygen atoms in total. The van der Waals surface area contributed by atoms with E-state index < -0.39 is 17.0 Å². The molecule has 1 heterocycles. The summed E-state index contributed by atoms with van der Waals surface area (Å²) in [6.07, 6.45) is 1.07. The van der Waals surface area contributed by atoms with Crippen molar-refractivity contribution < 1.29 is 19.7 Å². The largest absolute Gasteiger partial charge is 0.481 e. The number of aliphatic hydroxyl groups is 1. The number of aliphatic carboxylic acids is 1. The van der Waals surface area contributed by atoms with Gasteiger partial charge in [-0.2, -0.15) is 0 Å². The van der Waals surface area contributed by atoms with Gasteiger partial charge in [0.25, 0.3) is 0 Å². The fraction of sp³-hybridized carbons (Fsp3) is 0.900. The average molecular weight is 200 g/mol. The Labute approximate surface area is 82.9 Å². The molecule has 4 heteroatoms. The lowest BCUT2D eigenvalue weighted by Crippen LogP contribution is -2.70. The molecule has 2 aliphatic rings. The summed E-state index contributed by atoms with van der Waals surface area (Å²) in [5.41, 5.74) is -2.06. The predicted molar refractivity (Wildman–Crippen MR) is 48.9 cm³/mol. The first-order valence-corrected chi connectivity index (χ1v) is 4.85. The van der Waals surface area contributed by atoms with Gasteiger partial charge in [0.1, 0.15) is 11.0 Å². The number of carboxylic acids is 1. The highest BCUT2D eigenvalue weighted by atomic mass is 16.5. The SMILES string of the molecule is CC1(C)CC(C(=O)O)(C2(O)COC2)C1. The summed E-state index contributed by atoms with van der Waals surface area (Å²) in [5, 5.41) is 19.3. The Morgan fingerprint density at radius 2 is 1.79 bits per heavy atom. The van der Waals surface area contributed by atoms with E-state index in [0.29, 0.717) is 12.8 Å². The third kappa shape index (κ3) is 1.04. The normalized spacial score (nSPS) is 31.4. The highest BCUT2D eigenvalue weighted by Gasteiger charge is 2.68. The summed E-state index contributed by atoms with van der Waals surface area (Å²) in [6.45, 7) is 4.37. The number of rotatable bonds is 2. The Kier molecular flexibility index (Phi) is 1.77. The van der Waals surface area contributed by atoms with Gasteiger partial charge in [-0.05, 0) is 18.3 Å². The molecule has 0 radical (unpaired) electrons. The van der Waals surface area contributed by atoms with E-state index in [2.05, 4.69) is 0 Å². The van der Waals surface area contributed by atoms with Gasteiger partial charge in [0, 0.05) is 0 Å². The van der Waals surface area contributed by atoms with Crippen LogP contribution in [0.3, 0.4) is 0 Å². The minimum absolute atomic E-state index is 0.0315. The first-order valence-electron chi connectivity index (χ1n) is 4.85. The summed E-state index contributed by atoms with van der Waals surface area (Å²) in [5.74, 6) is -0.886. The molecule has 0 aromatic rings. The Hall–Kier alpha value is -0.610. The average Bonchev–Trinajstić information content (AvgIpc) is 1.94. The van der Waals surface area contributed by atoms with E-state index >= 15 is 0 Å². The Morgan fingerprint density at radius 1 is 1.29 bits per heavy atom. The Morgan fingerprint density at radius 3 is 2.00 bits per heavy atom. The first kappa shape index (κ1) is 9.93. The first-order chi connectivity index (χ1) is 6.31. The molecule has 0 aromatic carbocycles. The van der Waals surface area contributed by atoms with E-state index in [1.54, 1.807) is 0 Å². The maximum atomic E-state index is 11.2. The zero-order valence-corrected chi connectivity index (χ0v) is 8.54. The molecule has 2 N–H and O–H groups in total. The third-order valence-corrected chi connectivity index (χ3v) is 3.54. The van der Waals surface area contributed by atoms with Gasteiger partial charge in [-0.1, -0.05) is 13.8 Å². The maximum Gasteiger partial charge on any atom is 0.312 e. The number of hydrogen-bond donors (Lipinski definition) is 2. The molecule has 1 saturated carbocycles. The highest BCUT2D eigenvalue weighted by molar-refractivity contribution is 5.78. The number of carbonyl (C=O) groups is 1. The van der Waals surface area contributed by atoms with Crippen molar-refractivity contribution in [2.24, 2.45) is 10.8 Å². The van der Waals surface area contributed by atoms with Crippen molar-refractivity contribution in [1.29, 1.82) is 0 Å². The van der Waals surface area contributed by atoms with Crippen molar-refractivity contribution in [2.45, 2.75) is 32.3 Å². The lowest BCUT2D eigenvalue weighted by Gasteiger charge is -2.60. The molecule has 0 amide bonds. The fourth-order valence-electron chi connectivity index (χ4n) is 2.83. The molecule has 0 aromatic heterocycles. The van der Waals surface area contributed by atoms with Crippen LogP contribution >= 0.6 is 0 Å². The molecule has 14 heavy (non-hydrogen) atoms. The maximum absolute atomic E-state index is 11.2. The Bertz CT molecular complexity index is 270. The van der Waals surface area contributed by atoms with Crippen molar-refractivity contribution in [3.05, 3.63) is 0 Å². The van der Waals surface area contributed by atoms with Crippen LogP contribution in [0.4, 0.5) is 0 Å². The second-order valence-electron chi connectivity index (χ2n) is 5.43. The molecule has 0 unspecified atom stereocenters. The van der Waals surface area contributed by atoms with Gasteiger partial charge in [-0.25, -0.2) is 0 Å². The van der Waals surface area contributed by atoms with E-state index in [-0.39, 0.29) is 18.6 Å². The zero-order chi connectivity index (χ0) is 10.6. The van der Waals surface area contributed by atoms with Gasteiger partial charge in [-0.15, -0.1) is 0 Å². The monoisotopic (exact) mass is 200 g/mol.